The van der Waals surface area contributed by atoms with E-state index in [4.69, 9.17) is 9.16 Å². The molecule has 0 spiro atoms. The average Bonchev–Trinajstić information content (AvgIpc) is 3.56. The van der Waals surface area contributed by atoms with Crippen LogP contribution >= 0.6 is 0 Å². The van der Waals surface area contributed by atoms with E-state index in [0.29, 0.717) is 18.5 Å². The molecule has 1 saturated heterocycles. The van der Waals surface area contributed by atoms with Crippen LogP contribution in [0.3, 0.4) is 0 Å². The second-order valence-electron chi connectivity index (χ2n) is 15.0. The molecule has 0 unspecified atom stereocenters. The Balaban J connectivity index is 1.58. The summed E-state index contributed by atoms with van der Waals surface area (Å²) in [6.07, 6.45) is 1.74. The highest BCUT2D eigenvalue weighted by Gasteiger charge is 2.47. The molecule has 2 aromatic carbocycles. The van der Waals surface area contributed by atoms with Crippen LogP contribution in [0.2, 0.25) is 18.1 Å². The smallest absolute Gasteiger partial charge is 0.410 e. The van der Waals surface area contributed by atoms with E-state index in [9.17, 15) is 9.59 Å². The highest BCUT2D eigenvalue weighted by molar-refractivity contribution is 6.74. The van der Waals surface area contributed by atoms with E-state index >= 15 is 0 Å². The van der Waals surface area contributed by atoms with Crippen molar-refractivity contribution in [1.29, 1.82) is 0 Å². The predicted octanol–water partition coefficient (Wildman–Crippen LogP) is 8.06. The lowest BCUT2D eigenvalue weighted by Crippen LogP contribution is -2.50. The maximum absolute atomic E-state index is 13.9. The second-order valence-corrected chi connectivity index (χ2v) is 19.7. The number of likely N-dealkylation sites (tertiary alicyclic amines) is 1. The number of carbonyl (C=O) groups excluding carboxylic acids is 2. The van der Waals surface area contributed by atoms with Crippen molar-refractivity contribution in [2.45, 2.75) is 116 Å². The summed E-state index contributed by atoms with van der Waals surface area (Å²) in [5.74, 6) is -0.0569. The lowest BCUT2D eigenvalue weighted by atomic mass is 10.0. The second kappa shape index (κ2) is 13.5. The molecule has 1 aromatic heterocycles. The van der Waals surface area contributed by atoms with E-state index in [1.807, 2.05) is 81.1 Å². The maximum Gasteiger partial charge on any atom is 0.410 e. The van der Waals surface area contributed by atoms with Crippen LogP contribution in [-0.4, -0.2) is 65.0 Å². The Kier molecular flexibility index (Phi) is 10.3. The number of aryl methyl sites for hydroxylation is 1. The van der Waals surface area contributed by atoms with Gasteiger partial charge >= 0.3 is 6.09 Å². The largest absolute Gasteiger partial charge is 0.444 e. The van der Waals surface area contributed by atoms with Crippen molar-refractivity contribution in [3.63, 3.8) is 0 Å². The van der Waals surface area contributed by atoms with E-state index in [-0.39, 0.29) is 35.2 Å². The third kappa shape index (κ3) is 8.64. The molecular weight excluding hydrogens is 581 g/mol. The van der Waals surface area contributed by atoms with E-state index in [2.05, 4.69) is 56.2 Å². The third-order valence-electron chi connectivity index (χ3n) is 9.04. The summed E-state index contributed by atoms with van der Waals surface area (Å²) in [5.41, 5.74) is 3.94. The van der Waals surface area contributed by atoms with Crippen molar-refractivity contribution in [2.75, 3.05) is 7.05 Å². The van der Waals surface area contributed by atoms with Gasteiger partial charge in [-0.1, -0.05) is 63.2 Å². The maximum atomic E-state index is 13.9. The van der Waals surface area contributed by atoms with Crippen LogP contribution in [0, 0.1) is 6.92 Å². The lowest BCUT2D eigenvalue weighted by Gasteiger charge is -2.43. The minimum absolute atomic E-state index is 0.0132. The number of hydrogen-bond acceptors (Lipinski definition) is 5. The fourth-order valence-electron chi connectivity index (χ4n) is 5.68. The molecule has 0 radical (unpaired) electrons. The topological polar surface area (TPSA) is 87.8 Å². The van der Waals surface area contributed by atoms with Crippen LogP contribution in [0.5, 0.6) is 0 Å². The Morgan fingerprint density at radius 2 is 1.67 bits per heavy atom. The van der Waals surface area contributed by atoms with E-state index in [0.717, 1.165) is 35.4 Å². The van der Waals surface area contributed by atoms with Crippen molar-refractivity contribution in [1.82, 2.24) is 20.0 Å². The molecule has 1 aliphatic rings. The van der Waals surface area contributed by atoms with Gasteiger partial charge in [-0.05, 0) is 94.4 Å². The zero-order valence-corrected chi connectivity index (χ0v) is 29.8. The summed E-state index contributed by atoms with van der Waals surface area (Å²) < 4.78 is 13.1. The molecule has 4 rings (SSSR count). The quantitative estimate of drug-likeness (QED) is 0.241. The van der Waals surface area contributed by atoms with Crippen molar-refractivity contribution in [2.24, 2.45) is 0 Å². The Bertz CT molecular complexity index is 1440. The monoisotopic (exact) mass is 632 g/mol. The molecule has 8 nitrogen and oxygen atoms in total. The summed E-state index contributed by atoms with van der Waals surface area (Å²) in [6.45, 7) is 19.4. The van der Waals surface area contributed by atoms with Crippen LogP contribution in [0.4, 0.5) is 4.79 Å². The van der Waals surface area contributed by atoms with Crippen LogP contribution < -0.4 is 0 Å². The fourth-order valence-corrected chi connectivity index (χ4v) is 6.96. The van der Waals surface area contributed by atoms with E-state index in [1.165, 1.54) is 0 Å². The highest BCUT2D eigenvalue weighted by atomic mass is 28.4. The molecule has 244 valence electrons. The molecule has 3 atom stereocenters. The van der Waals surface area contributed by atoms with Gasteiger partial charge in [0.25, 0.3) is 5.91 Å². The van der Waals surface area contributed by atoms with Crippen LogP contribution in [0.25, 0.3) is 0 Å². The fraction of sp³-hybridized carbons (Fsp3) is 0.528. The standard InChI is InChI=1S/C36H52N4O4Si/c1-25-22-29(38-37-25)24-39(8)33(41)28-18-16-26(17-19-28)23-30-20-21-31(40(30)34(42)43-35(2,3)4)32(27-14-12-11-13-15-27)44-45(9,10)36(5,6)7/h11-19,22,30-32H,20-21,23-24H2,1-10H3,(H,37,38)/t30-,31+,32+/m0/s1. The van der Waals surface area contributed by atoms with Gasteiger partial charge in [-0.2, -0.15) is 5.10 Å². The molecule has 45 heavy (non-hydrogen) atoms. The van der Waals surface area contributed by atoms with Gasteiger partial charge in [0.15, 0.2) is 8.32 Å². The highest BCUT2D eigenvalue weighted by Crippen LogP contribution is 2.44. The zero-order valence-electron chi connectivity index (χ0n) is 28.8. The number of nitrogens with zero attached hydrogens (tertiary/aromatic N) is 3. The van der Waals surface area contributed by atoms with Crippen molar-refractivity contribution < 1.29 is 18.8 Å². The van der Waals surface area contributed by atoms with Gasteiger partial charge in [-0.25, -0.2) is 4.79 Å². The number of aromatic nitrogens is 2. The first-order chi connectivity index (χ1) is 20.9. The number of rotatable bonds is 9. The number of benzene rings is 2. The van der Waals surface area contributed by atoms with Crippen molar-refractivity contribution >= 4 is 20.3 Å². The number of amides is 2. The normalized spacial score (nSPS) is 18.1. The Hall–Kier alpha value is -3.43. The molecule has 3 aromatic rings. The van der Waals surface area contributed by atoms with Gasteiger partial charge < -0.3 is 14.1 Å². The van der Waals surface area contributed by atoms with E-state index < -0.39 is 13.9 Å². The van der Waals surface area contributed by atoms with Crippen molar-refractivity contribution in [3.8, 4) is 0 Å². The summed E-state index contributed by atoms with van der Waals surface area (Å²) in [4.78, 5) is 30.7. The minimum atomic E-state index is -2.20. The number of nitrogens with one attached hydrogen (secondary N) is 1. The van der Waals surface area contributed by atoms with Crippen molar-refractivity contribution in [3.05, 3.63) is 88.7 Å². The summed E-state index contributed by atoms with van der Waals surface area (Å²) in [5, 5.41) is 7.14. The van der Waals surface area contributed by atoms with Crippen LogP contribution in [0.1, 0.15) is 93.4 Å². The van der Waals surface area contributed by atoms with Gasteiger partial charge in [0, 0.05) is 18.7 Å². The molecule has 2 heterocycles. The SMILES string of the molecule is Cc1cc(CN(C)C(=O)c2ccc(C[C@@H]3CC[C@H]([C@H](O[Si](C)(C)C(C)(C)C)c4ccccc4)N3C(=O)OC(C)(C)C)cc2)[nH]n1. The van der Waals surface area contributed by atoms with Gasteiger partial charge in [0.05, 0.1) is 30.1 Å². The van der Waals surface area contributed by atoms with Gasteiger partial charge in [0.2, 0.25) is 0 Å². The minimum Gasteiger partial charge on any atom is -0.444 e. The van der Waals surface area contributed by atoms with Gasteiger partial charge in [-0.15, -0.1) is 0 Å². The van der Waals surface area contributed by atoms with Gasteiger partial charge in [-0.3, -0.25) is 14.8 Å². The first-order valence-corrected chi connectivity index (χ1v) is 19.0. The molecule has 0 saturated carbocycles. The Labute approximate surface area is 270 Å². The molecule has 0 bridgehead atoms. The molecule has 2 amide bonds. The average molecular weight is 633 g/mol. The Morgan fingerprint density at radius 3 is 2.22 bits per heavy atom. The summed E-state index contributed by atoms with van der Waals surface area (Å²) >= 11 is 0. The number of H-pyrrole nitrogens is 1. The third-order valence-corrected chi connectivity index (χ3v) is 13.5. The number of carbonyl (C=O) groups is 2. The molecule has 1 N–H and O–H groups in total. The zero-order chi connectivity index (χ0) is 33.2. The molecule has 1 aliphatic heterocycles. The molecule has 1 fully saturated rings. The van der Waals surface area contributed by atoms with Crippen LogP contribution in [0.15, 0.2) is 60.7 Å². The Morgan fingerprint density at radius 1 is 1.02 bits per heavy atom. The number of ether oxygens (including phenoxy) is 1. The summed E-state index contributed by atoms with van der Waals surface area (Å²) in [6, 6.07) is 19.8. The molecular formula is C36H52N4O4Si. The lowest BCUT2D eigenvalue weighted by molar-refractivity contribution is -0.00239. The molecule has 9 heteroatoms. The van der Waals surface area contributed by atoms with Gasteiger partial charge in [0.1, 0.15) is 5.60 Å². The van der Waals surface area contributed by atoms with Crippen LogP contribution in [-0.2, 0) is 22.1 Å². The van der Waals surface area contributed by atoms with E-state index in [1.54, 1.807) is 11.9 Å². The first-order valence-electron chi connectivity index (χ1n) is 16.0. The predicted molar refractivity (Wildman–Crippen MR) is 182 cm³/mol. The summed E-state index contributed by atoms with van der Waals surface area (Å²) in [7, 11) is -0.406. The molecule has 0 aliphatic carbocycles. The number of hydrogen-bond donors (Lipinski definition) is 1. The number of aromatic amines is 1. The first kappa shape index (κ1) is 34.4.